The van der Waals surface area contributed by atoms with Crippen molar-refractivity contribution in [1.82, 2.24) is 5.32 Å². The number of rotatable bonds is 12. The van der Waals surface area contributed by atoms with Gasteiger partial charge in [-0.2, -0.15) is 0 Å². The summed E-state index contributed by atoms with van der Waals surface area (Å²) < 4.78 is 11.8. The lowest BCUT2D eigenvalue weighted by Crippen LogP contribution is -2.25. The van der Waals surface area contributed by atoms with Gasteiger partial charge in [-0.3, -0.25) is 9.49 Å². The second kappa shape index (κ2) is 17.5. The summed E-state index contributed by atoms with van der Waals surface area (Å²) in [5.74, 6) is 0. The van der Waals surface area contributed by atoms with Crippen molar-refractivity contribution < 1.29 is 0 Å². The molecule has 57 heavy (non-hydrogen) atoms. The van der Waals surface area contributed by atoms with Crippen LogP contribution in [0.4, 0.5) is 11.4 Å². The van der Waals surface area contributed by atoms with E-state index in [-0.39, 0.29) is 0 Å². The van der Waals surface area contributed by atoms with Crippen LogP contribution in [0.25, 0.3) is 0 Å². The largest absolute Gasteiger partial charge is 0.308 e. The quantitative estimate of drug-likeness (QED) is 0.123. The second-order valence-electron chi connectivity index (χ2n) is 14.4. The molecular formula is C52H47N3P2. The van der Waals surface area contributed by atoms with Crippen molar-refractivity contribution in [3.05, 3.63) is 241 Å². The second-order valence-corrected chi connectivity index (χ2v) is 20.4. The SMILES string of the molecule is Cc1ccc(N=P(c2ccccc2)(c2ccccc2)c2ccccc2)c(CNCc2cc(C)ccc2N=P(c2ccccc2)(c2ccccc2)c2ccccc2)c1. The molecule has 0 amide bonds. The van der Waals surface area contributed by atoms with Crippen molar-refractivity contribution in [2.24, 2.45) is 9.49 Å². The Labute approximate surface area is 338 Å². The Hall–Kier alpha value is -5.82. The van der Waals surface area contributed by atoms with Crippen molar-refractivity contribution in [2.45, 2.75) is 26.9 Å². The van der Waals surface area contributed by atoms with Gasteiger partial charge in [-0.1, -0.05) is 217 Å². The van der Waals surface area contributed by atoms with Crippen LogP contribution in [0.2, 0.25) is 0 Å². The van der Waals surface area contributed by atoms with E-state index < -0.39 is 14.1 Å². The highest BCUT2D eigenvalue weighted by molar-refractivity contribution is 7.88. The molecule has 1 N–H and O–H groups in total. The van der Waals surface area contributed by atoms with Crippen molar-refractivity contribution in [3.63, 3.8) is 0 Å². The molecule has 8 rings (SSSR count). The third-order valence-electron chi connectivity index (χ3n) is 10.4. The van der Waals surface area contributed by atoms with E-state index in [4.69, 9.17) is 9.49 Å². The Kier molecular flexibility index (Phi) is 11.7. The first-order valence-electron chi connectivity index (χ1n) is 19.5. The van der Waals surface area contributed by atoms with Gasteiger partial charge in [0, 0.05) is 44.9 Å². The predicted octanol–water partition coefficient (Wildman–Crippen LogP) is 11.2. The molecule has 0 aliphatic heterocycles. The molecule has 0 aliphatic rings. The molecule has 0 saturated heterocycles. The minimum Gasteiger partial charge on any atom is -0.308 e. The number of nitrogens with zero attached hydrogens (tertiary/aromatic N) is 2. The minimum absolute atomic E-state index is 0.655. The van der Waals surface area contributed by atoms with Crippen LogP contribution in [0, 0.1) is 13.8 Å². The number of nitrogens with one attached hydrogen (secondary N) is 1. The molecule has 0 heterocycles. The van der Waals surface area contributed by atoms with E-state index in [9.17, 15) is 0 Å². The highest BCUT2D eigenvalue weighted by atomic mass is 31.2. The van der Waals surface area contributed by atoms with Gasteiger partial charge < -0.3 is 5.32 Å². The van der Waals surface area contributed by atoms with E-state index in [0.29, 0.717) is 13.1 Å². The van der Waals surface area contributed by atoms with Crippen LogP contribution >= 0.6 is 14.1 Å². The monoisotopic (exact) mass is 775 g/mol. The number of hydrogen-bond donors (Lipinski definition) is 1. The summed E-state index contributed by atoms with van der Waals surface area (Å²) in [6.07, 6.45) is 0. The zero-order valence-electron chi connectivity index (χ0n) is 32.5. The molecule has 0 fully saturated rings. The van der Waals surface area contributed by atoms with Crippen LogP contribution in [0.5, 0.6) is 0 Å². The van der Waals surface area contributed by atoms with Crippen LogP contribution in [0.3, 0.4) is 0 Å². The minimum atomic E-state index is -2.45. The van der Waals surface area contributed by atoms with Gasteiger partial charge >= 0.3 is 0 Å². The number of benzene rings is 8. The van der Waals surface area contributed by atoms with Gasteiger partial charge in [0.05, 0.1) is 25.5 Å². The van der Waals surface area contributed by atoms with E-state index in [1.165, 1.54) is 54.1 Å². The molecular weight excluding hydrogens is 729 g/mol. The maximum atomic E-state index is 5.91. The van der Waals surface area contributed by atoms with E-state index in [1.807, 2.05) is 0 Å². The fraction of sp³-hybridized carbons (Fsp3) is 0.0769. The first-order chi connectivity index (χ1) is 28.1. The average molecular weight is 776 g/mol. The van der Waals surface area contributed by atoms with Crippen LogP contribution in [0.1, 0.15) is 22.3 Å². The molecule has 0 unspecified atom stereocenters. The summed E-state index contributed by atoms with van der Waals surface area (Å²) >= 11 is 0. The third-order valence-corrected chi connectivity index (χ3v) is 17.7. The van der Waals surface area contributed by atoms with E-state index in [1.54, 1.807) is 0 Å². The lowest BCUT2D eigenvalue weighted by Gasteiger charge is -2.28. The zero-order chi connectivity index (χ0) is 38.9. The van der Waals surface area contributed by atoms with Gasteiger partial charge in [-0.15, -0.1) is 0 Å². The molecule has 0 bridgehead atoms. The predicted molar refractivity (Wildman–Crippen MR) is 247 cm³/mol. The standard InChI is InChI=1S/C52H47N3P2/c1-41-33-35-51(54-56(45-21-9-3-10-22-45,46-23-11-4-12-24-46)47-25-13-5-14-26-47)43(37-41)39-53-40-44-38-42(2)34-36-52(44)55-57(48-27-15-6-16-28-48,49-29-17-7-18-30-49)50-31-19-8-20-32-50/h3-38,53H,39-40H2,1-2H3. The Morgan fingerprint density at radius 3 is 0.825 bits per heavy atom. The molecule has 0 saturated carbocycles. The van der Waals surface area contributed by atoms with Gasteiger partial charge in [-0.05, 0) is 37.1 Å². The number of hydrogen-bond acceptors (Lipinski definition) is 3. The molecule has 8 aromatic carbocycles. The van der Waals surface area contributed by atoms with E-state index in [2.05, 4.69) is 238 Å². The maximum Gasteiger partial charge on any atom is 0.0670 e. The van der Waals surface area contributed by atoms with Gasteiger partial charge in [0.2, 0.25) is 0 Å². The fourth-order valence-electron chi connectivity index (χ4n) is 7.67. The summed E-state index contributed by atoms with van der Waals surface area (Å²) in [6.45, 7) is 5.64. The van der Waals surface area contributed by atoms with Crippen LogP contribution < -0.4 is 37.1 Å². The van der Waals surface area contributed by atoms with Crippen LogP contribution in [-0.4, -0.2) is 0 Å². The number of aryl methyl sites for hydroxylation is 2. The highest BCUT2D eigenvalue weighted by Crippen LogP contribution is 2.51. The van der Waals surface area contributed by atoms with Crippen LogP contribution in [-0.2, 0) is 13.1 Å². The van der Waals surface area contributed by atoms with Crippen LogP contribution in [0.15, 0.2) is 228 Å². The Balaban J connectivity index is 1.23. The maximum absolute atomic E-state index is 5.91. The van der Waals surface area contributed by atoms with Gasteiger partial charge in [0.1, 0.15) is 0 Å². The highest BCUT2D eigenvalue weighted by Gasteiger charge is 2.29. The molecule has 280 valence electrons. The topological polar surface area (TPSA) is 36.8 Å². The van der Waals surface area contributed by atoms with Crippen molar-refractivity contribution >= 4 is 57.3 Å². The van der Waals surface area contributed by atoms with Crippen molar-refractivity contribution in [2.75, 3.05) is 0 Å². The molecule has 0 radical (unpaired) electrons. The van der Waals surface area contributed by atoms with Crippen molar-refractivity contribution in [3.8, 4) is 0 Å². The molecule has 0 atom stereocenters. The Morgan fingerprint density at radius 1 is 0.333 bits per heavy atom. The smallest absolute Gasteiger partial charge is 0.0670 e. The summed E-state index contributed by atoms with van der Waals surface area (Å²) in [6, 6.07) is 78.5. The fourth-order valence-corrected chi connectivity index (χ4v) is 14.8. The molecule has 0 aromatic heterocycles. The van der Waals surface area contributed by atoms with E-state index in [0.717, 1.165) is 11.4 Å². The summed E-state index contributed by atoms with van der Waals surface area (Å²) in [7, 11) is -4.89. The first kappa shape index (κ1) is 38.1. The first-order valence-corrected chi connectivity index (χ1v) is 23.0. The molecule has 0 aliphatic carbocycles. The Morgan fingerprint density at radius 2 is 0.579 bits per heavy atom. The van der Waals surface area contributed by atoms with Gasteiger partial charge in [0.15, 0.2) is 0 Å². The summed E-state index contributed by atoms with van der Waals surface area (Å²) in [5.41, 5.74) is 6.79. The lowest BCUT2D eigenvalue weighted by molar-refractivity contribution is 0.694. The van der Waals surface area contributed by atoms with Crippen molar-refractivity contribution in [1.29, 1.82) is 0 Å². The normalized spacial score (nSPS) is 11.5. The van der Waals surface area contributed by atoms with Gasteiger partial charge in [-0.25, -0.2) is 0 Å². The summed E-state index contributed by atoms with van der Waals surface area (Å²) in [5, 5.41) is 11.3. The molecule has 0 spiro atoms. The third kappa shape index (κ3) is 8.06. The summed E-state index contributed by atoms with van der Waals surface area (Å²) in [4.78, 5) is 0. The Bertz CT molecular complexity index is 2270. The van der Waals surface area contributed by atoms with E-state index >= 15 is 0 Å². The average Bonchev–Trinajstić information content (AvgIpc) is 3.28. The molecule has 5 heteroatoms. The lowest BCUT2D eigenvalue weighted by atomic mass is 10.1. The van der Waals surface area contributed by atoms with Gasteiger partial charge in [0.25, 0.3) is 0 Å². The molecule has 8 aromatic rings. The molecule has 3 nitrogen and oxygen atoms in total. The zero-order valence-corrected chi connectivity index (χ0v) is 34.3.